The Morgan fingerprint density at radius 3 is 2.44 bits per heavy atom. The SMILES string of the molecule is CC(N)C(=O)N[C@H](CO)c1ccccc1.Cl. The lowest BCUT2D eigenvalue weighted by Gasteiger charge is -2.17. The first-order chi connectivity index (χ1) is 7.15. The van der Waals surface area contributed by atoms with Crippen molar-refractivity contribution >= 4 is 18.3 Å². The largest absolute Gasteiger partial charge is 0.394 e. The third-order valence-electron chi connectivity index (χ3n) is 2.11. The first-order valence-corrected chi connectivity index (χ1v) is 4.87. The maximum atomic E-state index is 11.3. The van der Waals surface area contributed by atoms with Crippen molar-refractivity contribution < 1.29 is 9.90 Å². The minimum absolute atomic E-state index is 0. The molecule has 16 heavy (non-hydrogen) atoms. The zero-order chi connectivity index (χ0) is 11.3. The predicted molar refractivity (Wildman–Crippen MR) is 65.3 cm³/mol. The first-order valence-electron chi connectivity index (χ1n) is 4.87. The van der Waals surface area contributed by atoms with Crippen LogP contribution >= 0.6 is 12.4 Å². The molecule has 0 fully saturated rings. The average Bonchev–Trinajstić information content (AvgIpc) is 2.26. The van der Waals surface area contributed by atoms with Gasteiger partial charge in [-0.2, -0.15) is 0 Å². The van der Waals surface area contributed by atoms with Crippen LogP contribution in [0.4, 0.5) is 0 Å². The average molecular weight is 245 g/mol. The molecule has 1 aromatic carbocycles. The Hall–Kier alpha value is -1.10. The molecule has 0 aromatic heterocycles. The van der Waals surface area contributed by atoms with E-state index in [-0.39, 0.29) is 31.0 Å². The Bertz CT molecular complexity index is 317. The summed E-state index contributed by atoms with van der Waals surface area (Å²) in [6.45, 7) is 1.47. The molecule has 1 aromatic rings. The van der Waals surface area contributed by atoms with Crippen molar-refractivity contribution in [2.24, 2.45) is 5.73 Å². The number of benzene rings is 1. The second kappa shape index (κ2) is 7.22. The summed E-state index contributed by atoms with van der Waals surface area (Å²) in [6, 6.07) is 8.34. The standard InChI is InChI=1S/C11H16N2O2.ClH/c1-8(12)11(15)13-10(7-14)9-5-3-2-4-6-9;/h2-6,8,10,14H,7,12H2,1H3,(H,13,15);1H/t8?,10-;/m1./s1. The summed E-state index contributed by atoms with van der Waals surface area (Å²) in [6.07, 6.45) is 0. The van der Waals surface area contributed by atoms with Crippen LogP contribution < -0.4 is 11.1 Å². The minimum Gasteiger partial charge on any atom is -0.394 e. The summed E-state index contributed by atoms with van der Waals surface area (Å²) in [5.41, 5.74) is 6.29. The Kier molecular flexibility index (Phi) is 6.72. The first kappa shape index (κ1) is 14.9. The fraction of sp³-hybridized carbons (Fsp3) is 0.364. The number of halogens is 1. The zero-order valence-electron chi connectivity index (χ0n) is 9.09. The molecule has 2 atom stereocenters. The smallest absolute Gasteiger partial charge is 0.237 e. The Labute approximate surface area is 101 Å². The van der Waals surface area contributed by atoms with Gasteiger partial charge in [-0.15, -0.1) is 12.4 Å². The lowest BCUT2D eigenvalue weighted by molar-refractivity contribution is -0.123. The molecule has 0 bridgehead atoms. The van der Waals surface area contributed by atoms with Crippen LogP contribution in [0.15, 0.2) is 30.3 Å². The molecule has 0 saturated carbocycles. The van der Waals surface area contributed by atoms with Crippen molar-refractivity contribution in [3.63, 3.8) is 0 Å². The van der Waals surface area contributed by atoms with E-state index in [9.17, 15) is 4.79 Å². The second-order valence-corrected chi connectivity index (χ2v) is 3.44. The summed E-state index contributed by atoms with van der Waals surface area (Å²) in [4.78, 5) is 11.3. The van der Waals surface area contributed by atoms with Gasteiger partial charge in [0.2, 0.25) is 5.91 Å². The van der Waals surface area contributed by atoms with Crippen LogP contribution in [0.1, 0.15) is 18.5 Å². The number of rotatable bonds is 4. The number of aliphatic hydroxyl groups is 1. The van der Waals surface area contributed by atoms with Gasteiger partial charge in [0.15, 0.2) is 0 Å². The van der Waals surface area contributed by atoms with E-state index < -0.39 is 6.04 Å². The maximum Gasteiger partial charge on any atom is 0.237 e. The molecule has 0 radical (unpaired) electrons. The topological polar surface area (TPSA) is 75.4 Å². The van der Waals surface area contributed by atoms with Gasteiger partial charge in [0.25, 0.3) is 0 Å². The van der Waals surface area contributed by atoms with E-state index >= 15 is 0 Å². The van der Waals surface area contributed by atoms with E-state index in [1.54, 1.807) is 6.92 Å². The molecule has 4 nitrogen and oxygen atoms in total. The zero-order valence-corrected chi connectivity index (χ0v) is 9.91. The van der Waals surface area contributed by atoms with Crippen molar-refractivity contribution in [3.8, 4) is 0 Å². The number of carbonyl (C=O) groups is 1. The summed E-state index contributed by atoms with van der Waals surface area (Å²) in [7, 11) is 0. The van der Waals surface area contributed by atoms with E-state index in [0.717, 1.165) is 5.56 Å². The highest BCUT2D eigenvalue weighted by Crippen LogP contribution is 2.11. The summed E-state index contributed by atoms with van der Waals surface area (Å²) < 4.78 is 0. The van der Waals surface area contributed by atoms with Crippen LogP contribution in [0.25, 0.3) is 0 Å². The van der Waals surface area contributed by atoms with Crippen LogP contribution in [0.3, 0.4) is 0 Å². The van der Waals surface area contributed by atoms with Gasteiger partial charge in [0, 0.05) is 0 Å². The van der Waals surface area contributed by atoms with E-state index in [1.807, 2.05) is 30.3 Å². The molecule has 1 rings (SSSR count). The lowest BCUT2D eigenvalue weighted by Crippen LogP contribution is -2.41. The minimum atomic E-state index is -0.567. The Morgan fingerprint density at radius 2 is 2.00 bits per heavy atom. The number of hydrogen-bond donors (Lipinski definition) is 3. The van der Waals surface area contributed by atoms with Crippen LogP contribution in [0.5, 0.6) is 0 Å². The number of hydrogen-bond acceptors (Lipinski definition) is 3. The van der Waals surface area contributed by atoms with Gasteiger partial charge >= 0.3 is 0 Å². The van der Waals surface area contributed by atoms with Gasteiger partial charge in [-0.05, 0) is 12.5 Å². The molecule has 4 N–H and O–H groups in total. The van der Waals surface area contributed by atoms with Crippen LogP contribution in [0.2, 0.25) is 0 Å². The highest BCUT2D eigenvalue weighted by atomic mass is 35.5. The van der Waals surface area contributed by atoms with Crippen LogP contribution in [-0.4, -0.2) is 23.7 Å². The molecule has 5 heteroatoms. The number of amides is 1. The van der Waals surface area contributed by atoms with Gasteiger partial charge in [0.05, 0.1) is 18.7 Å². The molecular weight excluding hydrogens is 228 g/mol. The molecule has 0 spiro atoms. The molecule has 90 valence electrons. The van der Waals surface area contributed by atoms with Crippen molar-refractivity contribution in [2.45, 2.75) is 19.0 Å². The van der Waals surface area contributed by atoms with Gasteiger partial charge in [-0.25, -0.2) is 0 Å². The van der Waals surface area contributed by atoms with Crippen molar-refractivity contribution in [2.75, 3.05) is 6.61 Å². The molecule has 0 saturated heterocycles. The summed E-state index contributed by atoms with van der Waals surface area (Å²) in [5, 5.41) is 11.8. The summed E-state index contributed by atoms with van der Waals surface area (Å²) in [5.74, 6) is -0.266. The molecular formula is C11H17ClN2O2. The van der Waals surface area contributed by atoms with E-state index in [1.165, 1.54) is 0 Å². The maximum absolute atomic E-state index is 11.3. The highest BCUT2D eigenvalue weighted by molar-refractivity contribution is 5.85. The summed E-state index contributed by atoms with van der Waals surface area (Å²) >= 11 is 0. The van der Waals surface area contributed by atoms with Crippen molar-refractivity contribution in [1.82, 2.24) is 5.32 Å². The van der Waals surface area contributed by atoms with E-state index in [0.29, 0.717) is 0 Å². The molecule has 0 aliphatic carbocycles. The number of aliphatic hydroxyl groups excluding tert-OH is 1. The number of nitrogens with two attached hydrogens (primary N) is 1. The molecule has 0 heterocycles. The Morgan fingerprint density at radius 1 is 1.44 bits per heavy atom. The van der Waals surface area contributed by atoms with Gasteiger partial charge < -0.3 is 16.2 Å². The number of nitrogens with one attached hydrogen (secondary N) is 1. The third kappa shape index (κ3) is 4.18. The highest BCUT2D eigenvalue weighted by Gasteiger charge is 2.15. The van der Waals surface area contributed by atoms with Crippen molar-refractivity contribution in [1.29, 1.82) is 0 Å². The number of carbonyl (C=O) groups excluding carboxylic acids is 1. The molecule has 0 aliphatic rings. The molecule has 0 aliphatic heterocycles. The second-order valence-electron chi connectivity index (χ2n) is 3.44. The van der Waals surface area contributed by atoms with E-state index in [4.69, 9.17) is 10.8 Å². The predicted octanol–water partition coefficient (Wildman–Crippen LogP) is 0.605. The monoisotopic (exact) mass is 244 g/mol. The molecule has 1 unspecified atom stereocenters. The fourth-order valence-electron chi connectivity index (χ4n) is 1.22. The van der Waals surface area contributed by atoms with Crippen LogP contribution in [0, 0.1) is 0 Å². The fourth-order valence-corrected chi connectivity index (χ4v) is 1.22. The Balaban J connectivity index is 0.00000225. The van der Waals surface area contributed by atoms with Gasteiger partial charge in [-0.3, -0.25) is 4.79 Å². The van der Waals surface area contributed by atoms with Crippen molar-refractivity contribution in [3.05, 3.63) is 35.9 Å². The normalized spacial score (nSPS) is 13.4. The molecule has 1 amide bonds. The third-order valence-corrected chi connectivity index (χ3v) is 2.11. The quantitative estimate of drug-likeness (QED) is 0.726. The van der Waals surface area contributed by atoms with E-state index in [2.05, 4.69) is 5.32 Å². The van der Waals surface area contributed by atoms with Crippen LogP contribution in [-0.2, 0) is 4.79 Å². The lowest BCUT2D eigenvalue weighted by atomic mass is 10.1. The van der Waals surface area contributed by atoms with Gasteiger partial charge in [0.1, 0.15) is 0 Å². The van der Waals surface area contributed by atoms with Gasteiger partial charge in [-0.1, -0.05) is 30.3 Å².